The Balaban J connectivity index is 1.43. The van der Waals surface area contributed by atoms with Gasteiger partial charge in [-0.25, -0.2) is 0 Å². The van der Waals surface area contributed by atoms with Gasteiger partial charge in [-0.05, 0) is 58.0 Å². The molecule has 2 fully saturated rings. The standard InChI is InChI=1S/C22H32N4O2/c1-25-10-7-17(8-11-25)26-12-5-16(6-13-26)24-19-4-9-23-20-15-22(28-3)21(27-2)14-18(19)20/h4,9,14-17H,5-8,10-13H2,1-3H3,(H,23,24). The number of fused-ring (bicyclic) bond motifs is 1. The summed E-state index contributed by atoms with van der Waals surface area (Å²) in [6, 6.07) is 7.31. The van der Waals surface area contributed by atoms with Crippen LogP contribution < -0.4 is 14.8 Å². The van der Waals surface area contributed by atoms with Crippen LogP contribution in [0.25, 0.3) is 10.9 Å². The second kappa shape index (κ2) is 8.53. The normalized spacial score (nSPS) is 20.4. The summed E-state index contributed by atoms with van der Waals surface area (Å²) < 4.78 is 10.9. The second-order valence-corrected chi connectivity index (χ2v) is 8.07. The second-order valence-electron chi connectivity index (χ2n) is 8.07. The fourth-order valence-electron chi connectivity index (χ4n) is 4.59. The number of likely N-dealkylation sites (tertiary alicyclic amines) is 2. The van der Waals surface area contributed by atoms with E-state index in [1.54, 1.807) is 14.2 Å². The Morgan fingerprint density at radius 3 is 2.32 bits per heavy atom. The molecule has 0 unspecified atom stereocenters. The highest BCUT2D eigenvalue weighted by molar-refractivity contribution is 5.93. The Labute approximate surface area is 167 Å². The van der Waals surface area contributed by atoms with E-state index in [0.717, 1.165) is 28.4 Å². The molecule has 2 aliphatic rings. The van der Waals surface area contributed by atoms with Crippen LogP contribution in [0.5, 0.6) is 11.5 Å². The van der Waals surface area contributed by atoms with E-state index in [1.807, 2.05) is 18.3 Å². The van der Waals surface area contributed by atoms with Crippen molar-refractivity contribution in [3.05, 3.63) is 24.4 Å². The minimum absolute atomic E-state index is 0.501. The minimum atomic E-state index is 0.501. The fraction of sp³-hybridized carbons (Fsp3) is 0.591. The van der Waals surface area contributed by atoms with Crippen LogP contribution in [0.1, 0.15) is 25.7 Å². The maximum atomic E-state index is 5.49. The molecular formula is C22H32N4O2. The SMILES string of the molecule is COc1cc2nccc(NC3CCN(C4CCN(C)CC4)CC3)c2cc1OC. The molecular weight excluding hydrogens is 352 g/mol. The van der Waals surface area contributed by atoms with Gasteiger partial charge in [-0.15, -0.1) is 0 Å². The first-order valence-corrected chi connectivity index (χ1v) is 10.4. The maximum absolute atomic E-state index is 5.49. The van der Waals surface area contributed by atoms with Crippen LogP contribution in [0.4, 0.5) is 5.69 Å². The first kappa shape index (κ1) is 19.3. The molecule has 2 aliphatic heterocycles. The molecule has 0 spiro atoms. The van der Waals surface area contributed by atoms with Gasteiger partial charge in [0.25, 0.3) is 0 Å². The monoisotopic (exact) mass is 384 g/mol. The third-order valence-corrected chi connectivity index (χ3v) is 6.34. The molecule has 0 aliphatic carbocycles. The summed E-state index contributed by atoms with van der Waals surface area (Å²) in [5, 5.41) is 4.85. The van der Waals surface area contributed by atoms with Gasteiger partial charge in [-0.3, -0.25) is 4.98 Å². The Morgan fingerprint density at radius 1 is 0.964 bits per heavy atom. The van der Waals surface area contributed by atoms with E-state index in [2.05, 4.69) is 33.2 Å². The molecule has 6 nitrogen and oxygen atoms in total. The molecule has 6 heteroatoms. The molecule has 3 heterocycles. The Morgan fingerprint density at radius 2 is 1.64 bits per heavy atom. The summed E-state index contributed by atoms with van der Waals surface area (Å²) in [6.45, 7) is 4.84. The zero-order valence-corrected chi connectivity index (χ0v) is 17.3. The lowest BCUT2D eigenvalue weighted by atomic mass is 9.97. The third-order valence-electron chi connectivity index (χ3n) is 6.34. The molecule has 1 aromatic heterocycles. The zero-order valence-electron chi connectivity index (χ0n) is 17.3. The van der Waals surface area contributed by atoms with Gasteiger partial charge in [0.1, 0.15) is 0 Å². The topological polar surface area (TPSA) is 49.9 Å². The van der Waals surface area contributed by atoms with E-state index in [9.17, 15) is 0 Å². The van der Waals surface area contributed by atoms with Crippen molar-refractivity contribution in [1.29, 1.82) is 0 Å². The highest BCUT2D eigenvalue weighted by atomic mass is 16.5. The smallest absolute Gasteiger partial charge is 0.162 e. The highest BCUT2D eigenvalue weighted by Crippen LogP contribution is 2.35. The Bertz CT molecular complexity index is 796. The number of hydrogen-bond donors (Lipinski definition) is 1. The van der Waals surface area contributed by atoms with Crippen LogP contribution in [0.3, 0.4) is 0 Å². The lowest BCUT2D eigenvalue weighted by Crippen LogP contribution is -2.48. The van der Waals surface area contributed by atoms with Crippen molar-refractivity contribution in [1.82, 2.24) is 14.8 Å². The van der Waals surface area contributed by atoms with Crippen molar-refractivity contribution in [2.75, 3.05) is 52.8 Å². The maximum Gasteiger partial charge on any atom is 0.162 e. The first-order valence-electron chi connectivity index (χ1n) is 10.4. The predicted octanol–water partition coefficient (Wildman–Crippen LogP) is 3.22. The first-order chi connectivity index (χ1) is 13.7. The summed E-state index contributed by atoms with van der Waals surface area (Å²) in [7, 11) is 5.56. The molecule has 0 saturated carbocycles. The van der Waals surface area contributed by atoms with Gasteiger partial charge in [0, 0.05) is 48.5 Å². The summed E-state index contributed by atoms with van der Waals surface area (Å²) in [6.07, 6.45) is 6.85. The number of aromatic nitrogens is 1. The molecule has 0 atom stereocenters. The van der Waals surface area contributed by atoms with Gasteiger partial charge in [-0.1, -0.05) is 0 Å². The van der Waals surface area contributed by atoms with E-state index in [-0.39, 0.29) is 0 Å². The number of methoxy groups -OCH3 is 2. The van der Waals surface area contributed by atoms with Crippen LogP contribution in [0, 0.1) is 0 Å². The van der Waals surface area contributed by atoms with Gasteiger partial charge in [0.15, 0.2) is 11.5 Å². The average Bonchev–Trinajstić information content (AvgIpc) is 2.74. The van der Waals surface area contributed by atoms with Gasteiger partial charge >= 0.3 is 0 Å². The van der Waals surface area contributed by atoms with Crippen molar-refractivity contribution in [2.45, 2.75) is 37.8 Å². The molecule has 0 radical (unpaired) electrons. The Kier molecular flexibility index (Phi) is 5.87. The molecule has 152 valence electrons. The summed E-state index contributed by atoms with van der Waals surface area (Å²) in [5.74, 6) is 1.45. The average molecular weight is 385 g/mol. The van der Waals surface area contributed by atoms with Crippen LogP contribution >= 0.6 is 0 Å². The predicted molar refractivity (Wildman–Crippen MR) is 114 cm³/mol. The number of anilines is 1. The van der Waals surface area contributed by atoms with Crippen molar-refractivity contribution in [3.8, 4) is 11.5 Å². The lowest BCUT2D eigenvalue weighted by Gasteiger charge is -2.41. The van der Waals surface area contributed by atoms with Crippen molar-refractivity contribution in [3.63, 3.8) is 0 Å². The number of nitrogens with one attached hydrogen (secondary N) is 1. The molecule has 0 amide bonds. The minimum Gasteiger partial charge on any atom is -0.493 e. The number of benzene rings is 1. The quantitative estimate of drug-likeness (QED) is 0.854. The summed E-state index contributed by atoms with van der Waals surface area (Å²) in [4.78, 5) is 9.67. The number of ether oxygens (including phenoxy) is 2. The van der Waals surface area contributed by atoms with Crippen molar-refractivity contribution >= 4 is 16.6 Å². The summed E-state index contributed by atoms with van der Waals surface area (Å²) >= 11 is 0. The number of piperidine rings is 2. The van der Waals surface area contributed by atoms with Crippen LogP contribution in [0.2, 0.25) is 0 Å². The van der Waals surface area contributed by atoms with Crippen LogP contribution in [-0.4, -0.2) is 74.3 Å². The van der Waals surface area contributed by atoms with Crippen LogP contribution in [0.15, 0.2) is 24.4 Å². The van der Waals surface area contributed by atoms with Crippen LogP contribution in [-0.2, 0) is 0 Å². The molecule has 1 aromatic carbocycles. The molecule has 1 N–H and O–H groups in total. The highest BCUT2D eigenvalue weighted by Gasteiger charge is 2.27. The molecule has 2 aromatic rings. The number of hydrogen-bond acceptors (Lipinski definition) is 6. The van der Waals surface area contributed by atoms with E-state index in [0.29, 0.717) is 11.8 Å². The number of rotatable bonds is 5. The van der Waals surface area contributed by atoms with Crippen molar-refractivity contribution < 1.29 is 9.47 Å². The van der Waals surface area contributed by atoms with E-state index in [1.165, 1.54) is 51.9 Å². The van der Waals surface area contributed by atoms with E-state index < -0.39 is 0 Å². The van der Waals surface area contributed by atoms with Crippen molar-refractivity contribution in [2.24, 2.45) is 0 Å². The zero-order chi connectivity index (χ0) is 19.5. The van der Waals surface area contributed by atoms with E-state index >= 15 is 0 Å². The lowest BCUT2D eigenvalue weighted by molar-refractivity contribution is 0.0994. The van der Waals surface area contributed by atoms with Gasteiger partial charge in [0.05, 0.1) is 19.7 Å². The fourth-order valence-corrected chi connectivity index (χ4v) is 4.59. The molecule has 0 bridgehead atoms. The third kappa shape index (κ3) is 4.03. The number of nitrogens with zero attached hydrogens (tertiary/aromatic N) is 3. The number of pyridine rings is 1. The van der Waals surface area contributed by atoms with Gasteiger partial charge in [-0.2, -0.15) is 0 Å². The Hall–Kier alpha value is -2.05. The summed E-state index contributed by atoms with van der Waals surface area (Å²) in [5.41, 5.74) is 2.05. The molecule has 4 rings (SSSR count). The van der Waals surface area contributed by atoms with Gasteiger partial charge in [0.2, 0.25) is 0 Å². The molecule has 2 saturated heterocycles. The van der Waals surface area contributed by atoms with E-state index in [4.69, 9.17) is 9.47 Å². The van der Waals surface area contributed by atoms with Gasteiger partial charge < -0.3 is 24.6 Å². The molecule has 28 heavy (non-hydrogen) atoms. The largest absolute Gasteiger partial charge is 0.493 e.